The summed E-state index contributed by atoms with van der Waals surface area (Å²) < 4.78 is 0. The van der Waals surface area contributed by atoms with E-state index >= 15 is 0 Å². The van der Waals surface area contributed by atoms with E-state index in [1.165, 1.54) is 5.56 Å². The van der Waals surface area contributed by atoms with Crippen LogP contribution in [0, 0.1) is 12.8 Å². The van der Waals surface area contributed by atoms with Crippen molar-refractivity contribution in [3.63, 3.8) is 0 Å². The van der Waals surface area contributed by atoms with Crippen molar-refractivity contribution in [2.45, 2.75) is 33.3 Å². The van der Waals surface area contributed by atoms with Crippen LogP contribution >= 0.6 is 0 Å². The highest BCUT2D eigenvalue weighted by molar-refractivity contribution is 5.46. The summed E-state index contributed by atoms with van der Waals surface area (Å²) in [7, 11) is 0. The van der Waals surface area contributed by atoms with E-state index in [2.05, 4.69) is 31.0 Å². The average molecular weight is 270 g/mol. The number of aromatic nitrogens is 1. The van der Waals surface area contributed by atoms with Crippen molar-refractivity contribution >= 4 is 5.82 Å². The smallest absolute Gasteiger partial charge is 0.129 e. The molecule has 1 aromatic carbocycles. The van der Waals surface area contributed by atoms with Gasteiger partial charge in [0.05, 0.1) is 0 Å². The zero-order chi connectivity index (χ0) is 14.7. The van der Waals surface area contributed by atoms with Gasteiger partial charge in [0.25, 0.3) is 0 Å². The second-order valence-corrected chi connectivity index (χ2v) is 5.73. The van der Waals surface area contributed by atoms with Crippen LogP contribution in [0.25, 0.3) is 0 Å². The third-order valence-electron chi connectivity index (χ3n) is 3.32. The summed E-state index contributed by atoms with van der Waals surface area (Å²) in [6.45, 7) is 6.33. The predicted molar refractivity (Wildman–Crippen MR) is 82.4 cm³/mol. The van der Waals surface area contributed by atoms with E-state index in [1.54, 1.807) is 6.20 Å². The molecule has 0 aliphatic rings. The summed E-state index contributed by atoms with van der Waals surface area (Å²) in [6, 6.07) is 9.94. The Bertz CT molecular complexity index is 576. The van der Waals surface area contributed by atoms with Crippen LogP contribution in [0.5, 0.6) is 0 Å². The number of aryl methyl sites for hydroxylation is 1. The summed E-state index contributed by atoms with van der Waals surface area (Å²) in [5.74, 6) is 1.01. The Morgan fingerprint density at radius 3 is 2.45 bits per heavy atom. The molecule has 0 aliphatic carbocycles. The van der Waals surface area contributed by atoms with Gasteiger partial charge in [0, 0.05) is 11.8 Å². The Morgan fingerprint density at radius 1 is 1.20 bits per heavy atom. The van der Waals surface area contributed by atoms with Crippen LogP contribution in [-0.2, 0) is 6.42 Å². The van der Waals surface area contributed by atoms with Crippen LogP contribution in [0.2, 0.25) is 0 Å². The van der Waals surface area contributed by atoms with E-state index in [0.29, 0.717) is 17.3 Å². The van der Waals surface area contributed by atoms with Crippen molar-refractivity contribution in [3.05, 3.63) is 58.8 Å². The van der Waals surface area contributed by atoms with E-state index in [4.69, 9.17) is 5.73 Å². The highest BCUT2D eigenvalue weighted by Crippen LogP contribution is 2.26. The van der Waals surface area contributed by atoms with Crippen molar-refractivity contribution in [2.75, 3.05) is 5.73 Å². The molecule has 0 fully saturated rings. The molecular formula is C17H22N2O. The summed E-state index contributed by atoms with van der Waals surface area (Å²) in [4.78, 5) is 4.10. The molecule has 3 heteroatoms. The minimum absolute atomic E-state index is 0.384. The second-order valence-electron chi connectivity index (χ2n) is 5.73. The van der Waals surface area contributed by atoms with Gasteiger partial charge in [-0.3, -0.25) is 0 Å². The third kappa shape index (κ3) is 3.36. The molecule has 20 heavy (non-hydrogen) atoms. The molecule has 1 atom stereocenters. The summed E-state index contributed by atoms with van der Waals surface area (Å²) in [5.41, 5.74) is 9.64. The fraction of sp³-hybridized carbons (Fsp3) is 0.353. The average Bonchev–Trinajstić information content (AvgIpc) is 2.41. The molecule has 0 radical (unpaired) electrons. The molecule has 1 unspecified atom stereocenters. The second kappa shape index (κ2) is 6.06. The Labute approximate surface area is 120 Å². The van der Waals surface area contributed by atoms with Crippen molar-refractivity contribution < 1.29 is 5.11 Å². The number of anilines is 1. The lowest BCUT2D eigenvalue weighted by atomic mass is 9.97. The Balaban J connectivity index is 2.24. The fourth-order valence-corrected chi connectivity index (χ4v) is 2.31. The van der Waals surface area contributed by atoms with Crippen molar-refractivity contribution in [1.29, 1.82) is 0 Å². The molecule has 2 aromatic rings. The molecule has 106 valence electrons. The number of aliphatic hydroxyl groups excluding tert-OH is 1. The van der Waals surface area contributed by atoms with Crippen LogP contribution < -0.4 is 5.73 Å². The van der Waals surface area contributed by atoms with Gasteiger partial charge in [-0.2, -0.15) is 0 Å². The summed E-state index contributed by atoms with van der Waals surface area (Å²) in [6.07, 6.45) is 2.03. The molecule has 1 heterocycles. The number of aliphatic hydroxyl groups is 1. The first-order valence-electron chi connectivity index (χ1n) is 6.96. The van der Waals surface area contributed by atoms with Crippen molar-refractivity contribution in [3.8, 4) is 0 Å². The number of rotatable bonds is 4. The Morgan fingerprint density at radius 2 is 1.85 bits per heavy atom. The van der Waals surface area contributed by atoms with Gasteiger partial charge in [0.15, 0.2) is 0 Å². The Hall–Kier alpha value is -1.87. The van der Waals surface area contributed by atoms with E-state index in [1.807, 2.05) is 25.1 Å². The molecule has 0 spiro atoms. The Kier molecular flexibility index (Phi) is 4.40. The SMILES string of the molecule is Cc1cnc(N)c(C(O)c2ccc(CC(C)C)cc2)c1. The fourth-order valence-electron chi connectivity index (χ4n) is 2.31. The van der Waals surface area contributed by atoms with Crippen LogP contribution in [0.15, 0.2) is 36.5 Å². The number of nitrogen functional groups attached to an aromatic ring is 1. The van der Waals surface area contributed by atoms with Gasteiger partial charge < -0.3 is 10.8 Å². The number of nitrogens with zero attached hydrogens (tertiary/aromatic N) is 1. The molecule has 0 bridgehead atoms. The number of hydrogen-bond donors (Lipinski definition) is 2. The zero-order valence-electron chi connectivity index (χ0n) is 12.3. The van der Waals surface area contributed by atoms with Gasteiger partial charge >= 0.3 is 0 Å². The van der Waals surface area contributed by atoms with E-state index in [0.717, 1.165) is 17.5 Å². The van der Waals surface area contributed by atoms with Crippen molar-refractivity contribution in [2.24, 2.45) is 5.92 Å². The molecule has 2 rings (SSSR count). The minimum atomic E-state index is -0.726. The zero-order valence-corrected chi connectivity index (χ0v) is 12.3. The van der Waals surface area contributed by atoms with E-state index in [9.17, 15) is 5.11 Å². The quantitative estimate of drug-likeness (QED) is 0.896. The third-order valence-corrected chi connectivity index (χ3v) is 3.32. The maximum atomic E-state index is 10.4. The van der Waals surface area contributed by atoms with E-state index in [-0.39, 0.29) is 0 Å². The van der Waals surface area contributed by atoms with Gasteiger partial charge in [-0.05, 0) is 42.0 Å². The normalized spacial score (nSPS) is 12.7. The van der Waals surface area contributed by atoms with Gasteiger partial charge in [-0.1, -0.05) is 38.1 Å². The standard InChI is InChI=1S/C17H22N2O/c1-11(2)8-13-4-6-14(7-5-13)16(20)15-9-12(3)10-19-17(15)18/h4-7,9-11,16,20H,8H2,1-3H3,(H2,18,19). The number of benzene rings is 1. The lowest BCUT2D eigenvalue weighted by molar-refractivity contribution is 0.220. The predicted octanol–water partition coefficient (Wildman–Crippen LogP) is 3.25. The maximum absolute atomic E-state index is 10.4. The lowest BCUT2D eigenvalue weighted by Gasteiger charge is -2.14. The van der Waals surface area contributed by atoms with Crippen LogP contribution in [0.3, 0.4) is 0 Å². The highest BCUT2D eigenvalue weighted by atomic mass is 16.3. The van der Waals surface area contributed by atoms with Gasteiger partial charge in [-0.25, -0.2) is 4.98 Å². The molecule has 3 N–H and O–H groups in total. The van der Waals surface area contributed by atoms with Crippen LogP contribution in [0.4, 0.5) is 5.82 Å². The molecule has 3 nitrogen and oxygen atoms in total. The van der Waals surface area contributed by atoms with Crippen LogP contribution in [0.1, 0.15) is 42.2 Å². The minimum Gasteiger partial charge on any atom is -0.384 e. The molecular weight excluding hydrogens is 248 g/mol. The largest absolute Gasteiger partial charge is 0.384 e. The monoisotopic (exact) mass is 270 g/mol. The number of nitrogens with two attached hydrogens (primary N) is 1. The molecule has 0 aliphatic heterocycles. The van der Waals surface area contributed by atoms with E-state index < -0.39 is 6.10 Å². The molecule has 0 amide bonds. The van der Waals surface area contributed by atoms with Crippen molar-refractivity contribution in [1.82, 2.24) is 4.98 Å². The maximum Gasteiger partial charge on any atom is 0.129 e. The van der Waals surface area contributed by atoms with Gasteiger partial charge in [0.2, 0.25) is 0 Å². The van der Waals surface area contributed by atoms with Gasteiger partial charge in [0.1, 0.15) is 11.9 Å². The molecule has 1 aromatic heterocycles. The number of pyridine rings is 1. The van der Waals surface area contributed by atoms with Crippen LogP contribution in [-0.4, -0.2) is 10.1 Å². The topological polar surface area (TPSA) is 59.1 Å². The molecule has 0 saturated heterocycles. The first kappa shape index (κ1) is 14.5. The summed E-state index contributed by atoms with van der Waals surface area (Å²) in [5, 5.41) is 10.4. The first-order valence-corrected chi connectivity index (χ1v) is 6.96. The highest BCUT2D eigenvalue weighted by Gasteiger charge is 2.14. The molecule has 0 saturated carbocycles. The summed E-state index contributed by atoms with van der Waals surface area (Å²) >= 11 is 0. The van der Waals surface area contributed by atoms with Gasteiger partial charge in [-0.15, -0.1) is 0 Å². The number of hydrogen-bond acceptors (Lipinski definition) is 3. The lowest BCUT2D eigenvalue weighted by Crippen LogP contribution is -2.06. The first-order chi connectivity index (χ1) is 9.47.